The van der Waals surface area contributed by atoms with Gasteiger partial charge in [-0.3, -0.25) is 0 Å². The number of aromatic carboxylic acids is 1. The van der Waals surface area contributed by atoms with E-state index in [1.165, 1.54) is 0 Å². The predicted molar refractivity (Wildman–Crippen MR) is 72.7 cm³/mol. The Morgan fingerprint density at radius 1 is 1.26 bits per heavy atom. The molecule has 0 heterocycles. The van der Waals surface area contributed by atoms with Crippen molar-refractivity contribution >= 4 is 17.7 Å². The van der Waals surface area contributed by atoms with Crippen LogP contribution in [0.3, 0.4) is 0 Å². The quantitative estimate of drug-likeness (QED) is 0.783. The fourth-order valence-corrected chi connectivity index (χ4v) is 2.03. The largest absolute Gasteiger partial charge is 0.478 e. The second kappa shape index (κ2) is 4.57. The van der Waals surface area contributed by atoms with Crippen LogP contribution < -0.4 is 10.6 Å². The average Bonchev–Trinajstić information content (AvgIpc) is 2.99. The van der Waals surface area contributed by atoms with Crippen molar-refractivity contribution in [1.29, 1.82) is 0 Å². The van der Waals surface area contributed by atoms with Crippen LogP contribution in [0.15, 0.2) is 12.1 Å². The third-order valence-electron chi connectivity index (χ3n) is 3.36. The highest BCUT2D eigenvalue weighted by molar-refractivity contribution is 6.01. The third-order valence-corrected chi connectivity index (χ3v) is 3.36. The Hall–Kier alpha value is -2.04. The number of anilines is 1. The van der Waals surface area contributed by atoms with E-state index in [9.17, 15) is 14.7 Å². The zero-order valence-electron chi connectivity index (χ0n) is 11.3. The first-order valence-corrected chi connectivity index (χ1v) is 6.24. The summed E-state index contributed by atoms with van der Waals surface area (Å²) in [6.07, 6.45) is 1.91. The molecule has 0 unspecified atom stereocenters. The summed E-state index contributed by atoms with van der Waals surface area (Å²) in [6.45, 7) is 5.58. The molecular weight excluding hydrogens is 244 g/mol. The van der Waals surface area contributed by atoms with Crippen molar-refractivity contribution in [3.8, 4) is 0 Å². The Morgan fingerprint density at radius 2 is 1.89 bits per heavy atom. The molecule has 5 heteroatoms. The lowest BCUT2D eigenvalue weighted by molar-refractivity contribution is 0.0698. The molecule has 1 aliphatic rings. The van der Waals surface area contributed by atoms with Crippen LogP contribution in [0.1, 0.15) is 41.3 Å². The maximum atomic E-state index is 11.9. The maximum Gasteiger partial charge on any atom is 0.337 e. The number of carboxylic acid groups (broad SMARTS) is 1. The molecule has 0 spiro atoms. The van der Waals surface area contributed by atoms with Crippen LogP contribution in [0.5, 0.6) is 0 Å². The van der Waals surface area contributed by atoms with Crippen LogP contribution in [0, 0.1) is 13.8 Å². The second-order valence-electron chi connectivity index (χ2n) is 5.45. The van der Waals surface area contributed by atoms with Crippen molar-refractivity contribution in [3.63, 3.8) is 0 Å². The zero-order chi connectivity index (χ0) is 14.2. The Morgan fingerprint density at radius 3 is 2.42 bits per heavy atom. The van der Waals surface area contributed by atoms with Gasteiger partial charge in [-0.2, -0.15) is 0 Å². The van der Waals surface area contributed by atoms with Gasteiger partial charge in [-0.15, -0.1) is 0 Å². The van der Waals surface area contributed by atoms with Crippen LogP contribution in [0.25, 0.3) is 0 Å². The van der Waals surface area contributed by atoms with Crippen molar-refractivity contribution in [2.24, 2.45) is 0 Å². The minimum atomic E-state index is -1.04. The molecule has 0 atom stereocenters. The number of benzene rings is 1. The van der Waals surface area contributed by atoms with E-state index < -0.39 is 5.97 Å². The number of rotatable bonds is 3. The van der Waals surface area contributed by atoms with Gasteiger partial charge in [-0.25, -0.2) is 9.59 Å². The predicted octanol–water partition coefficient (Wildman–Crippen LogP) is 2.68. The molecule has 0 bridgehead atoms. The summed E-state index contributed by atoms with van der Waals surface area (Å²) in [7, 11) is 0. The van der Waals surface area contributed by atoms with Gasteiger partial charge >= 0.3 is 12.0 Å². The SMILES string of the molecule is Cc1cc(C)c(NC(=O)NC2(C)CC2)c(C(=O)O)c1. The molecule has 2 rings (SSSR count). The first-order chi connectivity index (χ1) is 8.81. The van der Waals surface area contributed by atoms with Gasteiger partial charge in [-0.1, -0.05) is 6.07 Å². The monoisotopic (exact) mass is 262 g/mol. The number of nitrogens with one attached hydrogen (secondary N) is 2. The van der Waals surface area contributed by atoms with E-state index in [4.69, 9.17) is 0 Å². The first kappa shape index (κ1) is 13.4. The van der Waals surface area contributed by atoms with E-state index in [1.54, 1.807) is 13.0 Å². The molecule has 2 amide bonds. The van der Waals surface area contributed by atoms with Crippen LogP contribution >= 0.6 is 0 Å². The van der Waals surface area contributed by atoms with E-state index in [0.717, 1.165) is 24.0 Å². The van der Waals surface area contributed by atoms with Crippen molar-refractivity contribution in [2.75, 3.05) is 5.32 Å². The van der Waals surface area contributed by atoms with Gasteiger partial charge in [0.15, 0.2) is 0 Å². The summed E-state index contributed by atoms with van der Waals surface area (Å²) >= 11 is 0. The summed E-state index contributed by atoms with van der Waals surface area (Å²) in [5, 5.41) is 14.7. The molecule has 19 heavy (non-hydrogen) atoms. The van der Waals surface area contributed by atoms with Gasteiger partial charge in [0.25, 0.3) is 0 Å². The lowest BCUT2D eigenvalue weighted by Crippen LogP contribution is -2.38. The molecule has 0 aromatic heterocycles. The lowest BCUT2D eigenvalue weighted by Gasteiger charge is -2.16. The summed E-state index contributed by atoms with van der Waals surface area (Å²) in [4.78, 5) is 23.1. The number of urea groups is 1. The molecule has 1 saturated carbocycles. The Labute approximate surface area is 112 Å². The smallest absolute Gasteiger partial charge is 0.337 e. The summed E-state index contributed by atoms with van der Waals surface area (Å²) < 4.78 is 0. The van der Waals surface area contributed by atoms with E-state index in [0.29, 0.717) is 5.69 Å². The molecule has 5 nitrogen and oxygen atoms in total. The zero-order valence-corrected chi connectivity index (χ0v) is 11.3. The molecule has 1 aromatic carbocycles. The fourth-order valence-electron chi connectivity index (χ4n) is 2.03. The van der Waals surface area contributed by atoms with Crippen LogP contribution in [-0.4, -0.2) is 22.6 Å². The number of hydrogen-bond donors (Lipinski definition) is 3. The third kappa shape index (κ3) is 3.05. The normalized spacial score (nSPS) is 15.7. The Kier molecular flexibility index (Phi) is 3.22. The maximum absolute atomic E-state index is 11.9. The number of aryl methyl sites for hydroxylation is 2. The minimum absolute atomic E-state index is 0.119. The van der Waals surface area contributed by atoms with Crippen molar-refractivity contribution < 1.29 is 14.7 Å². The Balaban J connectivity index is 2.23. The highest BCUT2D eigenvalue weighted by atomic mass is 16.4. The Bertz CT molecular complexity index is 548. The summed E-state index contributed by atoms with van der Waals surface area (Å²) in [5.74, 6) is -1.04. The van der Waals surface area contributed by atoms with Crippen molar-refractivity contribution in [1.82, 2.24) is 5.32 Å². The number of carbonyl (C=O) groups is 2. The molecule has 0 aliphatic heterocycles. The summed E-state index contributed by atoms with van der Waals surface area (Å²) in [5.41, 5.74) is 1.95. The van der Waals surface area contributed by atoms with Gasteiger partial charge in [-0.05, 0) is 50.8 Å². The topological polar surface area (TPSA) is 78.4 Å². The van der Waals surface area contributed by atoms with E-state index in [2.05, 4.69) is 10.6 Å². The van der Waals surface area contributed by atoms with Gasteiger partial charge in [0.2, 0.25) is 0 Å². The van der Waals surface area contributed by atoms with E-state index in [1.807, 2.05) is 19.9 Å². The molecule has 0 radical (unpaired) electrons. The van der Waals surface area contributed by atoms with E-state index in [-0.39, 0.29) is 17.1 Å². The number of carbonyl (C=O) groups excluding carboxylic acids is 1. The molecule has 1 aromatic rings. The van der Waals surface area contributed by atoms with Gasteiger partial charge < -0.3 is 15.7 Å². The highest BCUT2D eigenvalue weighted by Gasteiger charge is 2.38. The van der Waals surface area contributed by atoms with Crippen molar-refractivity contribution in [3.05, 3.63) is 28.8 Å². The van der Waals surface area contributed by atoms with E-state index >= 15 is 0 Å². The molecule has 102 valence electrons. The first-order valence-electron chi connectivity index (χ1n) is 6.24. The molecule has 1 aliphatic carbocycles. The fraction of sp³-hybridized carbons (Fsp3) is 0.429. The van der Waals surface area contributed by atoms with Crippen molar-refractivity contribution in [2.45, 2.75) is 39.2 Å². The molecule has 1 fully saturated rings. The second-order valence-corrected chi connectivity index (χ2v) is 5.45. The molecule has 0 saturated heterocycles. The number of hydrogen-bond acceptors (Lipinski definition) is 2. The lowest BCUT2D eigenvalue weighted by atomic mass is 10.0. The van der Waals surface area contributed by atoms with Crippen LogP contribution in [-0.2, 0) is 0 Å². The van der Waals surface area contributed by atoms with Gasteiger partial charge in [0, 0.05) is 5.54 Å². The number of carboxylic acids is 1. The standard InChI is InChI=1S/C14H18N2O3/c1-8-6-9(2)11(10(7-8)12(17)18)15-13(19)16-14(3)4-5-14/h6-7H,4-5H2,1-3H3,(H,17,18)(H2,15,16,19). The van der Waals surface area contributed by atoms with Crippen LogP contribution in [0.2, 0.25) is 0 Å². The van der Waals surface area contributed by atoms with Crippen LogP contribution in [0.4, 0.5) is 10.5 Å². The average molecular weight is 262 g/mol. The number of amides is 2. The molecule has 3 N–H and O–H groups in total. The molecular formula is C14H18N2O3. The summed E-state index contributed by atoms with van der Waals surface area (Å²) in [6, 6.07) is 3.06. The highest BCUT2D eigenvalue weighted by Crippen LogP contribution is 2.34. The minimum Gasteiger partial charge on any atom is -0.478 e. The van der Waals surface area contributed by atoms with Gasteiger partial charge in [0.1, 0.15) is 0 Å². The van der Waals surface area contributed by atoms with Gasteiger partial charge in [0.05, 0.1) is 11.3 Å².